The highest BCUT2D eigenvalue weighted by molar-refractivity contribution is 5.76. The van der Waals surface area contributed by atoms with Crippen molar-refractivity contribution in [3.63, 3.8) is 0 Å². The lowest BCUT2D eigenvalue weighted by molar-refractivity contribution is -0.123. The fourth-order valence-corrected chi connectivity index (χ4v) is 2.62. The molecule has 0 aromatic rings. The summed E-state index contributed by atoms with van der Waals surface area (Å²) in [5, 5.41) is 2.98. The maximum atomic E-state index is 11.7. The van der Waals surface area contributed by atoms with Gasteiger partial charge in [-0.2, -0.15) is 0 Å². The van der Waals surface area contributed by atoms with Crippen molar-refractivity contribution in [2.24, 2.45) is 11.7 Å². The van der Waals surface area contributed by atoms with E-state index in [4.69, 9.17) is 10.5 Å². The minimum absolute atomic E-state index is 0.0645. The fourth-order valence-electron chi connectivity index (χ4n) is 2.62. The molecule has 1 unspecified atom stereocenters. The van der Waals surface area contributed by atoms with Crippen LogP contribution in [0.2, 0.25) is 0 Å². The summed E-state index contributed by atoms with van der Waals surface area (Å²) in [6, 6.07) is 0. The van der Waals surface area contributed by atoms with Crippen LogP contribution in [0.3, 0.4) is 0 Å². The Hall–Kier alpha value is -0.610. The first kappa shape index (κ1) is 15.4. The van der Waals surface area contributed by atoms with Crippen molar-refractivity contribution in [2.75, 3.05) is 19.7 Å². The first-order valence-electron chi connectivity index (χ1n) is 7.34. The average Bonchev–Trinajstić information content (AvgIpc) is 2.39. The zero-order chi connectivity index (χ0) is 13.2. The Labute approximate surface area is 111 Å². The van der Waals surface area contributed by atoms with Crippen LogP contribution in [0.4, 0.5) is 0 Å². The number of nitrogens with two attached hydrogens (primary N) is 1. The Bertz CT molecular complexity index is 228. The van der Waals surface area contributed by atoms with Crippen molar-refractivity contribution < 1.29 is 9.53 Å². The molecule has 1 saturated carbocycles. The van der Waals surface area contributed by atoms with Crippen LogP contribution in [0.15, 0.2) is 0 Å². The molecule has 0 heterocycles. The lowest BCUT2D eigenvalue weighted by atomic mass is 9.87. The summed E-state index contributed by atoms with van der Waals surface area (Å²) in [5.41, 5.74) is 5.55. The molecular formula is C14H28N2O2. The number of ether oxygens (including phenoxy) is 1. The smallest absolute Gasteiger partial charge is 0.222 e. The van der Waals surface area contributed by atoms with E-state index in [2.05, 4.69) is 5.32 Å². The van der Waals surface area contributed by atoms with Gasteiger partial charge in [-0.05, 0) is 19.3 Å². The van der Waals surface area contributed by atoms with Crippen molar-refractivity contribution in [1.29, 1.82) is 0 Å². The highest BCUT2D eigenvalue weighted by Gasteiger charge is 2.15. The largest absolute Gasteiger partial charge is 0.377 e. The molecule has 1 atom stereocenters. The molecule has 1 aliphatic carbocycles. The highest BCUT2D eigenvalue weighted by Crippen LogP contribution is 2.25. The quantitative estimate of drug-likeness (QED) is 0.696. The molecule has 0 saturated heterocycles. The van der Waals surface area contributed by atoms with Crippen LogP contribution in [0.5, 0.6) is 0 Å². The van der Waals surface area contributed by atoms with Crippen LogP contribution >= 0.6 is 0 Å². The molecule has 106 valence electrons. The van der Waals surface area contributed by atoms with Gasteiger partial charge in [0.2, 0.25) is 5.91 Å². The maximum absolute atomic E-state index is 11.7. The highest BCUT2D eigenvalue weighted by atomic mass is 16.5. The van der Waals surface area contributed by atoms with E-state index in [-0.39, 0.29) is 12.0 Å². The zero-order valence-electron chi connectivity index (χ0n) is 11.6. The summed E-state index contributed by atoms with van der Waals surface area (Å²) in [6.45, 7) is 3.73. The van der Waals surface area contributed by atoms with E-state index >= 15 is 0 Å². The first-order chi connectivity index (χ1) is 8.76. The molecule has 1 rings (SSSR count). The molecule has 0 aromatic heterocycles. The van der Waals surface area contributed by atoms with E-state index in [9.17, 15) is 4.79 Å². The van der Waals surface area contributed by atoms with Crippen LogP contribution in [0.1, 0.15) is 51.9 Å². The van der Waals surface area contributed by atoms with Gasteiger partial charge in [0.15, 0.2) is 0 Å². The van der Waals surface area contributed by atoms with Gasteiger partial charge in [-0.1, -0.05) is 32.1 Å². The average molecular weight is 256 g/mol. The fraction of sp³-hybridized carbons (Fsp3) is 0.929. The molecule has 0 aliphatic heterocycles. The number of hydrogen-bond donors (Lipinski definition) is 2. The Morgan fingerprint density at radius 2 is 2.11 bits per heavy atom. The molecule has 1 amide bonds. The van der Waals surface area contributed by atoms with E-state index in [0.29, 0.717) is 19.6 Å². The second kappa shape index (κ2) is 9.34. The lowest BCUT2D eigenvalue weighted by Gasteiger charge is -2.21. The molecule has 0 radical (unpaired) electrons. The van der Waals surface area contributed by atoms with Crippen LogP contribution in [0, 0.1) is 5.92 Å². The van der Waals surface area contributed by atoms with Crippen LogP contribution < -0.4 is 11.1 Å². The van der Waals surface area contributed by atoms with Gasteiger partial charge in [-0.15, -0.1) is 0 Å². The van der Waals surface area contributed by atoms with Gasteiger partial charge in [0.25, 0.3) is 0 Å². The molecule has 0 bridgehead atoms. The molecule has 0 aromatic carbocycles. The molecule has 1 aliphatic rings. The van der Waals surface area contributed by atoms with Crippen molar-refractivity contribution in [1.82, 2.24) is 5.32 Å². The Balaban J connectivity index is 2.08. The number of amides is 1. The lowest BCUT2D eigenvalue weighted by Crippen LogP contribution is -2.33. The van der Waals surface area contributed by atoms with Crippen molar-refractivity contribution in [2.45, 2.75) is 58.0 Å². The number of carbonyl (C=O) groups excluding carboxylic acids is 1. The van der Waals surface area contributed by atoms with Crippen molar-refractivity contribution >= 4 is 5.91 Å². The molecular weight excluding hydrogens is 228 g/mol. The van der Waals surface area contributed by atoms with Crippen LogP contribution in [-0.2, 0) is 9.53 Å². The normalized spacial score (nSPS) is 18.6. The predicted octanol–water partition coefficient (Wildman–Crippen LogP) is 1.83. The standard InChI is InChI=1S/C14H28N2O2/c1-2-18-13(11-15)10-14(17)16-9-8-12-6-4-3-5-7-12/h12-13H,2-11,15H2,1H3,(H,16,17). The molecule has 1 fully saturated rings. The molecule has 4 heteroatoms. The van der Waals surface area contributed by atoms with Gasteiger partial charge in [0, 0.05) is 19.7 Å². The topological polar surface area (TPSA) is 64.3 Å². The Morgan fingerprint density at radius 3 is 2.72 bits per heavy atom. The summed E-state index contributed by atoms with van der Waals surface area (Å²) >= 11 is 0. The van der Waals surface area contributed by atoms with E-state index < -0.39 is 0 Å². The molecule has 18 heavy (non-hydrogen) atoms. The van der Waals surface area contributed by atoms with E-state index in [1.165, 1.54) is 32.1 Å². The SMILES string of the molecule is CCOC(CN)CC(=O)NCCC1CCCCC1. The Morgan fingerprint density at radius 1 is 1.39 bits per heavy atom. The number of carbonyl (C=O) groups is 1. The number of nitrogens with one attached hydrogen (secondary N) is 1. The van der Waals surface area contributed by atoms with E-state index in [1.54, 1.807) is 0 Å². The van der Waals surface area contributed by atoms with E-state index in [1.807, 2.05) is 6.92 Å². The van der Waals surface area contributed by atoms with Gasteiger partial charge in [0.1, 0.15) is 0 Å². The van der Waals surface area contributed by atoms with Crippen LogP contribution in [-0.4, -0.2) is 31.7 Å². The minimum atomic E-state index is -0.135. The van der Waals surface area contributed by atoms with Gasteiger partial charge < -0.3 is 15.8 Å². The minimum Gasteiger partial charge on any atom is -0.377 e. The summed E-state index contributed by atoms with van der Waals surface area (Å²) in [4.78, 5) is 11.7. The van der Waals surface area contributed by atoms with Gasteiger partial charge in [0.05, 0.1) is 12.5 Å². The summed E-state index contributed by atoms with van der Waals surface area (Å²) in [7, 11) is 0. The number of hydrogen-bond acceptors (Lipinski definition) is 3. The third kappa shape index (κ3) is 6.36. The third-order valence-corrected chi connectivity index (χ3v) is 3.68. The number of rotatable bonds is 8. The zero-order valence-corrected chi connectivity index (χ0v) is 11.6. The maximum Gasteiger partial charge on any atom is 0.222 e. The summed E-state index contributed by atoms with van der Waals surface area (Å²) < 4.78 is 5.37. The van der Waals surface area contributed by atoms with Gasteiger partial charge in [-0.3, -0.25) is 4.79 Å². The van der Waals surface area contributed by atoms with E-state index in [0.717, 1.165) is 18.9 Å². The third-order valence-electron chi connectivity index (χ3n) is 3.68. The van der Waals surface area contributed by atoms with Crippen molar-refractivity contribution in [3.05, 3.63) is 0 Å². The van der Waals surface area contributed by atoms with Crippen molar-refractivity contribution in [3.8, 4) is 0 Å². The monoisotopic (exact) mass is 256 g/mol. The molecule has 3 N–H and O–H groups in total. The Kier molecular flexibility index (Phi) is 8.01. The van der Waals surface area contributed by atoms with Gasteiger partial charge in [-0.25, -0.2) is 0 Å². The summed E-state index contributed by atoms with van der Waals surface area (Å²) in [5.74, 6) is 0.881. The van der Waals surface area contributed by atoms with Gasteiger partial charge >= 0.3 is 0 Å². The second-order valence-corrected chi connectivity index (χ2v) is 5.16. The molecule has 0 spiro atoms. The predicted molar refractivity (Wildman–Crippen MR) is 73.3 cm³/mol. The first-order valence-corrected chi connectivity index (χ1v) is 7.34. The summed E-state index contributed by atoms with van der Waals surface area (Å²) in [6.07, 6.45) is 8.14. The van der Waals surface area contributed by atoms with Crippen LogP contribution in [0.25, 0.3) is 0 Å². The second-order valence-electron chi connectivity index (χ2n) is 5.16. The molecule has 4 nitrogen and oxygen atoms in total.